The van der Waals surface area contributed by atoms with E-state index in [4.69, 9.17) is 4.74 Å². The summed E-state index contributed by atoms with van der Waals surface area (Å²) in [5.41, 5.74) is 0.288. The lowest BCUT2D eigenvalue weighted by molar-refractivity contribution is -0.248. The highest BCUT2D eigenvalue weighted by Gasteiger charge is 2.84. The van der Waals surface area contributed by atoms with Gasteiger partial charge in [-0.3, -0.25) is 4.79 Å². The first kappa shape index (κ1) is 21.0. The fraction of sp³-hybridized carbons (Fsp3) is 0.880. The van der Waals surface area contributed by atoms with Crippen LogP contribution in [-0.2, 0) is 9.53 Å². The summed E-state index contributed by atoms with van der Waals surface area (Å²) in [5, 5.41) is 23.4. The number of carbonyl (C=O) groups excluding carboxylic acids is 1. The SMILES string of the molecule is C=C1[C@H]2CC[C@]3([C@@H]1O)[C@H]1C[C@@H]4C(C)(C)CC[C@H](O)[C@@]4([C@@H]1N(C)CC)[C@H]3[C@H]2OC(C)=O. The molecule has 0 radical (unpaired) electrons. The highest BCUT2D eigenvalue weighted by Crippen LogP contribution is 2.82. The van der Waals surface area contributed by atoms with E-state index >= 15 is 0 Å². The molecule has 6 fully saturated rings. The van der Waals surface area contributed by atoms with Gasteiger partial charge < -0.3 is 19.8 Å². The van der Waals surface area contributed by atoms with Gasteiger partial charge in [-0.2, -0.15) is 0 Å². The lowest BCUT2D eigenvalue weighted by atomic mass is 9.39. The number of aliphatic hydroxyl groups is 2. The molecule has 10 atom stereocenters. The van der Waals surface area contributed by atoms with Crippen LogP contribution < -0.4 is 0 Å². The molecule has 2 spiro atoms. The van der Waals surface area contributed by atoms with Gasteiger partial charge in [0.1, 0.15) is 6.10 Å². The smallest absolute Gasteiger partial charge is 0.302 e. The van der Waals surface area contributed by atoms with E-state index in [0.717, 1.165) is 44.2 Å². The Labute approximate surface area is 180 Å². The quantitative estimate of drug-likeness (QED) is 0.546. The molecule has 168 valence electrons. The van der Waals surface area contributed by atoms with Gasteiger partial charge in [0.25, 0.3) is 0 Å². The molecule has 5 nitrogen and oxygen atoms in total. The second kappa shape index (κ2) is 6.32. The average Bonchev–Trinajstić information content (AvgIpc) is 3.18. The minimum atomic E-state index is -0.566. The summed E-state index contributed by atoms with van der Waals surface area (Å²) >= 11 is 0. The average molecular weight is 418 g/mol. The van der Waals surface area contributed by atoms with Gasteiger partial charge in [-0.15, -0.1) is 0 Å². The predicted molar refractivity (Wildman–Crippen MR) is 114 cm³/mol. The zero-order valence-electron chi connectivity index (χ0n) is 19.2. The van der Waals surface area contributed by atoms with E-state index in [0.29, 0.717) is 5.92 Å². The Hall–Kier alpha value is -0.910. The molecule has 0 amide bonds. The van der Waals surface area contributed by atoms with Crippen molar-refractivity contribution in [1.82, 2.24) is 4.90 Å². The third-order valence-electron chi connectivity index (χ3n) is 10.6. The number of nitrogens with zero attached hydrogens (tertiary/aromatic N) is 1. The van der Waals surface area contributed by atoms with Gasteiger partial charge in [-0.25, -0.2) is 0 Å². The van der Waals surface area contributed by atoms with Crippen molar-refractivity contribution in [3.8, 4) is 0 Å². The van der Waals surface area contributed by atoms with Crippen LogP contribution in [0.2, 0.25) is 0 Å². The van der Waals surface area contributed by atoms with Gasteiger partial charge in [0.2, 0.25) is 0 Å². The fourth-order valence-corrected chi connectivity index (χ4v) is 9.73. The Kier molecular flexibility index (Phi) is 4.42. The topological polar surface area (TPSA) is 70.0 Å². The first-order valence-electron chi connectivity index (χ1n) is 12.0. The van der Waals surface area contributed by atoms with Crippen molar-refractivity contribution < 1.29 is 19.7 Å². The summed E-state index contributed by atoms with van der Waals surface area (Å²) in [6.07, 6.45) is 3.43. The largest absolute Gasteiger partial charge is 0.462 e. The highest BCUT2D eigenvalue weighted by molar-refractivity contribution is 5.66. The Bertz CT molecular complexity index is 779. The van der Waals surface area contributed by atoms with Gasteiger partial charge in [0.05, 0.1) is 12.2 Å². The number of hydrogen-bond donors (Lipinski definition) is 2. The molecule has 6 aliphatic carbocycles. The standard InChI is InChI=1S/C25H39NO4/c1-7-26(6)21-16-12-17-23(4,5)10-9-18(28)25(17,21)20-19(30-14(3)27)15-8-11-24(16,20)22(29)13(15)2/h15-22,28-29H,2,7-12H2,1,3-6H3/t15-,16+,17-,18+,19+,20+,21-,22-,24+,25-/m1/s1. The van der Waals surface area contributed by atoms with E-state index in [-0.39, 0.29) is 52.1 Å². The Balaban J connectivity index is 1.77. The molecular weight excluding hydrogens is 378 g/mol. The van der Waals surface area contributed by atoms with E-state index in [9.17, 15) is 15.0 Å². The van der Waals surface area contributed by atoms with E-state index in [1.807, 2.05) is 0 Å². The number of esters is 1. The first-order valence-corrected chi connectivity index (χ1v) is 12.0. The van der Waals surface area contributed by atoms with Crippen molar-refractivity contribution >= 4 is 5.97 Å². The number of ether oxygens (including phenoxy) is 1. The second-order valence-corrected chi connectivity index (χ2v) is 11.7. The summed E-state index contributed by atoms with van der Waals surface area (Å²) in [6, 6.07) is 0.199. The Morgan fingerprint density at radius 2 is 1.97 bits per heavy atom. The van der Waals surface area contributed by atoms with Crippen LogP contribution in [0.5, 0.6) is 0 Å². The number of rotatable bonds is 3. The molecule has 0 aromatic rings. The van der Waals surface area contributed by atoms with Gasteiger partial charge >= 0.3 is 5.97 Å². The molecule has 0 saturated heterocycles. The monoisotopic (exact) mass is 417 g/mol. The molecule has 30 heavy (non-hydrogen) atoms. The van der Waals surface area contributed by atoms with Crippen molar-refractivity contribution in [1.29, 1.82) is 0 Å². The maximum atomic E-state index is 12.2. The molecule has 6 rings (SSSR count). The van der Waals surface area contributed by atoms with E-state index in [1.165, 1.54) is 6.92 Å². The molecule has 6 saturated carbocycles. The summed E-state index contributed by atoms with van der Waals surface area (Å²) < 4.78 is 6.09. The van der Waals surface area contributed by atoms with Crippen molar-refractivity contribution in [3.63, 3.8) is 0 Å². The molecular formula is C25H39NO4. The molecule has 6 aliphatic rings. The second-order valence-electron chi connectivity index (χ2n) is 11.7. The minimum absolute atomic E-state index is 0.00466. The molecule has 2 N–H and O–H groups in total. The minimum Gasteiger partial charge on any atom is -0.462 e. The summed E-state index contributed by atoms with van der Waals surface area (Å²) in [6.45, 7) is 13.6. The number of carbonyl (C=O) groups is 1. The summed E-state index contributed by atoms with van der Waals surface area (Å²) in [4.78, 5) is 14.6. The van der Waals surface area contributed by atoms with E-state index in [1.54, 1.807) is 0 Å². The molecule has 0 aromatic carbocycles. The van der Waals surface area contributed by atoms with E-state index < -0.39 is 12.2 Å². The molecule has 4 bridgehead atoms. The van der Waals surface area contributed by atoms with Crippen LogP contribution in [0.1, 0.15) is 59.8 Å². The Morgan fingerprint density at radius 3 is 2.60 bits per heavy atom. The van der Waals surface area contributed by atoms with Crippen molar-refractivity contribution in [2.24, 2.45) is 39.9 Å². The maximum Gasteiger partial charge on any atom is 0.302 e. The van der Waals surface area contributed by atoms with Crippen LogP contribution in [0.3, 0.4) is 0 Å². The Morgan fingerprint density at radius 1 is 1.27 bits per heavy atom. The summed E-state index contributed by atoms with van der Waals surface area (Å²) in [7, 11) is 2.18. The fourth-order valence-electron chi connectivity index (χ4n) is 9.73. The van der Waals surface area contributed by atoms with Crippen molar-refractivity contribution in [2.75, 3.05) is 13.6 Å². The molecule has 0 aromatic heterocycles. The molecule has 0 unspecified atom stereocenters. The van der Waals surface area contributed by atoms with Gasteiger partial charge in [0.15, 0.2) is 0 Å². The normalized spacial score (nSPS) is 53.0. The molecule has 0 heterocycles. The van der Waals surface area contributed by atoms with Gasteiger partial charge in [-0.05, 0) is 68.5 Å². The third kappa shape index (κ3) is 2.13. The molecule has 0 aliphatic heterocycles. The van der Waals surface area contributed by atoms with Crippen LogP contribution in [-0.4, -0.2) is 59.0 Å². The van der Waals surface area contributed by atoms with Crippen molar-refractivity contribution in [2.45, 2.75) is 84.2 Å². The maximum absolute atomic E-state index is 12.2. The van der Waals surface area contributed by atoms with Gasteiger partial charge in [-0.1, -0.05) is 27.4 Å². The first-order chi connectivity index (χ1) is 14.0. The van der Waals surface area contributed by atoms with Crippen LogP contribution >= 0.6 is 0 Å². The number of aliphatic hydroxyl groups excluding tert-OH is 2. The highest BCUT2D eigenvalue weighted by atomic mass is 16.5. The van der Waals surface area contributed by atoms with E-state index in [2.05, 4.69) is 39.3 Å². The van der Waals surface area contributed by atoms with Gasteiger partial charge in [0, 0.05) is 35.6 Å². The van der Waals surface area contributed by atoms with Crippen molar-refractivity contribution in [3.05, 3.63) is 12.2 Å². The zero-order valence-corrected chi connectivity index (χ0v) is 19.2. The lowest BCUT2D eigenvalue weighted by Crippen LogP contribution is -2.70. The number of hydrogen-bond acceptors (Lipinski definition) is 5. The summed E-state index contributed by atoms with van der Waals surface area (Å²) in [5.74, 6) is 0.382. The lowest BCUT2D eigenvalue weighted by Gasteiger charge is -2.67. The van der Waals surface area contributed by atoms with Crippen LogP contribution in [0.4, 0.5) is 0 Å². The van der Waals surface area contributed by atoms with Crippen LogP contribution in [0.25, 0.3) is 0 Å². The predicted octanol–water partition coefficient (Wildman–Crippen LogP) is 3.00. The third-order valence-corrected chi connectivity index (χ3v) is 10.6. The zero-order chi connectivity index (χ0) is 21.8. The van der Waals surface area contributed by atoms with Crippen LogP contribution in [0, 0.1) is 39.9 Å². The van der Waals surface area contributed by atoms with Crippen LogP contribution in [0.15, 0.2) is 12.2 Å². The molecule has 5 heteroatoms. The number of fused-ring (bicyclic) bond motifs is 3.